The SMILES string of the molecule is CC(C)CCNC(=O)C(NCC1NC(=O)[C@H](C(=O)O)NC1=O)c1ccccc1. The lowest BCUT2D eigenvalue weighted by Gasteiger charge is -2.29. The van der Waals surface area contributed by atoms with Crippen molar-refractivity contribution in [2.75, 3.05) is 13.1 Å². The minimum absolute atomic E-state index is 0.0267. The topological polar surface area (TPSA) is 137 Å². The normalized spacial score (nSPS) is 20.2. The zero-order valence-electron chi connectivity index (χ0n) is 15.9. The molecule has 0 saturated carbocycles. The van der Waals surface area contributed by atoms with Gasteiger partial charge in [0.2, 0.25) is 17.9 Å². The Labute approximate surface area is 163 Å². The number of hydrogen-bond acceptors (Lipinski definition) is 5. The third kappa shape index (κ3) is 5.78. The molecule has 28 heavy (non-hydrogen) atoms. The summed E-state index contributed by atoms with van der Waals surface area (Å²) in [5.74, 6) is -2.63. The molecular formula is C19H26N4O5. The average molecular weight is 390 g/mol. The van der Waals surface area contributed by atoms with Gasteiger partial charge < -0.3 is 21.1 Å². The second-order valence-corrected chi connectivity index (χ2v) is 7.07. The number of hydrogen-bond donors (Lipinski definition) is 5. The fraction of sp³-hybridized carbons (Fsp3) is 0.474. The first kappa shape index (κ1) is 21.4. The van der Waals surface area contributed by atoms with Crippen LogP contribution in [0.4, 0.5) is 0 Å². The molecule has 9 nitrogen and oxygen atoms in total. The van der Waals surface area contributed by atoms with E-state index in [4.69, 9.17) is 5.11 Å². The summed E-state index contributed by atoms with van der Waals surface area (Å²) in [6, 6.07) is 5.73. The largest absolute Gasteiger partial charge is 0.479 e. The molecule has 3 atom stereocenters. The van der Waals surface area contributed by atoms with Gasteiger partial charge in [-0.2, -0.15) is 0 Å². The first-order valence-corrected chi connectivity index (χ1v) is 9.19. The van der Waals surface area contributed by atoms with Gasteiger partial charge in [0, 0.05) is 13.1 Å². The van der Waals surface area contributed by atoms with Crippen molar-refractivity contribution in [1.82, 2.24) is 21.3 Å². The summed E-state index contributed by atoms with van der Waals surface area (Å²) in [4.78, 5) is 47.5. The van der Waals surface area contributed by atoms with Crippen molar-refractivity contribution in [3.05, 3.63) is 35.9 Å². The van der Waals surface area contributed by atoms with E-state index < -0.39 is 35.9 Å². The fourth-order valence-electron chi connectivity index (χ4n) is 2.78. The van der Waals surface area contributed by atoms with Crippen molar-refractivity contribution in [1.29, 1.82) is 0 Å². The Morgan fingerprint density at radius 3 is 2.39 bits per heavy atom. The summed E-state index contributed by atoms with van der Waals surface area (Å²) in [6.45, 7) is 4.63. The Morgan fingerprint density at radius 1 is 1.11 bits per heavy atom. The molecule has 1 aromatic rings. The van der Waals surface area contributed by atoms with Crippen molar-refractivity contribution in [2.45, 2.75) is 38.4 Å². The summed E-state index contributed by atoms with van der Waals surface area (Å²) in [5, 5.41) is 19.3. The lowest BCUT2D eigenvalue weighted by atomic mass is 10.0. The minimum Gasteiger partial charge on any atom is -0.479 e. The van der Waals surface area contributed by atoms with Crippen LogP contribution in [-0.4, -0.2) is 54.0 Å². The number of rotatable bonds is 9. The van der Waals surface area contributed by atoms with E-state index >= 15 is 0 Å². The van der Waals surface area contributed by atoms with Crippen LogP contribution in [0.25, 0.3) is 0 Å². The number of aliphatic carboxylic acids is 1. The van der Waals surface area contributed by atoms with E-state index in [0.29, 0.717) is 12.5 Å². The molecule has 152 valence electrons. The highest BCUT2D eigenvalue weighted by Crippen LogP contribution is 2.13. The van der Waals surface area contributed by atoms with Crippen LogP contribution in [-0.2, 0) is 19.2 Å². The number of carbonyl (C=O) groups excluding carboxylic acids is 3. The van der Waals surface area contributed by atoms with E-state index in [2.05, 4.69) is 35.1 Å². The molecule has 5 N–H and O–H groups in total. The highest BCUT2D eigenvalue weighted by Gasteiger charge is 2.38. The molecule has 0 bridgehead atoms. The molecule has 1 saturated heterocycles. The van der Waals surface area contributed by atoms with Gasteiger partial charge in [-0.15, -0.1) is 0 Å². The Morgan fingerprint density at radius 2 is 1.79 bits per heavy atom. The van der Waals surface area contributed by atoms with Gasteiger partial charge in [-0.3, -0.25) is 19.7 Å². The standard InChI is InChI=1S/C19H26N4O5/c1-11(2)8-9-20-17(25)14(12-6-4-3-5-7-12)21-10-13-16(24)23-15(19(27)28)18(26)22-13/h3-7,11,13-15,21H,8-10H2,1-2H3,(H,20,25)(H,22,26)(H,23,24)(H,27,28)/t13?,14?,15-/m1/s1. The Bertz CT molecular complexity index is 722. The average Bonchev–Trinajstić information content (AvgIpc) is 2.64. The van der Waals surface area contributed by atoms with Crippen LogP contribution in [0.5, 0.6) is 0 Å². The first-order chi connectivity index (χ1) is 13.3. The predicted molar refractivity (Wildman–Crippen MR) is 101 cm³/mol. The lowest BCUT2D eigenvalue weighted by Crippen LogP contribution is -2.66. The van der Waals surface area contributed by atoms with Crippen LogP contribution >= 0.6 is 0 Å². The van der Waals surface area contributed by atoms with E-state index in [0.717, 1.165) is 12.0 Å². The van der Waals surface area contributed by atoms with Crippen LogP contribution in [0.3, 0.4) is 0 Å². The summed E-state index contributed by atoms with van der Waals surface area (Å²) in [5.41, 5.74) is 0.718. The highest BCUT2D eigenvalue weighted by atomic mass is 16.4. The van der Waals surface area contributed by atoms with Crippen molar-refractivity contribution in [3.63, 3.8) is 0 Å². The third-order valence-corrected chi connectivity index (χ3v) is 4.37. The molecule has 0 spiro atoms. The Kier molecular flexibility index (Phi) is 7.51. The number of carboxylic acid groups (broad SMARTS) is 1. The Balaban J connectivity index is 2.02. The van der Waals surface area contributed by atoms with Crippen LogP contribution in [0.1, 0.15) is 31.9 Å². The number of benzene rings is 1. The number of amides is 3. The van der Waals surface area contributed by atoms with Gasteiger partial charge in [-0.25, -0.2) is 4.79 Å². The molecule has 0 aliphatic carbocycles. The maximum absolute atomic E-state index is 12.6. The maximum atomic E-state index is 12.6. The second-order valence-electron chi connectivity index (χ2n) is 7.07. The number of piperazine rings is 1. The summed E-state index contributed by atoms with van der Waals surface area (Å²) < 4.78 is 0. The molecule has 2 unspecified atom stereocenters. The molecule has 9 heteroatoms. The lowest BCUT2D eigenvalue weighted by molar-refractivity contribution is -0.149. The van der Waals surface area contributed by atoms with E-state index in [9.17, 15) is 19.2 Å². The van der Waals surface area contributed by atoms with Crippen LogP contribution in [0, 0.1) is 5.92 Å². The monoisotopic (exact) mass is 390 g/mol. The number of nitrogens with one attached hydrogen (secondary N) is 4. The maximum Gasteiger partial charge on any atom is 0.336 e. The molecule has 1 heterocycles. The van der Waals surface area contributed by atoms with Gasteiger partial charge in [0.25, 0.3) is 5.91 Å². The summed E-state index contributed by atoms with van der Waals surface area (Å²) >= 11 is 0. The smallest absolute Gasteiger partial charge is 0.336 e. The molecule has 0 aromatic heterocycles. The fourth-order valence-corrected chi connectivity index (χ4v) is 2.78. The minimum atomic E-state index is -1.60. The van der Waals surface area contributed by atoms with Crippen molar-refractivity contribution < 1.29 is 24.3 Å². The van der Waals surface area contributed by atoms with Gasteiger partial charge in [0.15, 0.2) is 0 Å². The van der Waals surface area contributed by atoms with Crippen molar-refractivity contribution in [2.24, 2.45) is 5.92 Å². The van der Waals surface area contributed by atoms with E-state index in [1.807, 2.05) is 6.07 Å². The highest BCUT2D eigenvalue weighted by molar-refractivity contribution is 6.08. The van der Waals surface area contributed by atoms with E-state index in [-0.39, 0.29) is 12.5 Å². The molecule has 3 amide bonds. The summed E-state index contributed by atoms with van der Waals surface area (Å²) in [6.07, 6.45) is 0.838. The molecule has 1 aliphatic heterocycles. The predicted octanol–water partition coefficient (Wildman–Crippen LogP) is -0.453. The number of carboxylic acids is 1. The van der Waals surface area contributed by atoms with Crippen LogP contribution in [0.15, 0.2) is 30.3 Å². The van der Waals surface area contributed by atoms with Crippen LogP contribution in [0.2, 0.25) is 0 Å². The van der Waals surface area contributed by atoms with Crippen molar-refractivity contribution in [3.8, 4) is 0 Å². The Hall–Kier alpha value is -2.94. The zero-order chi connectivity index (χ0) is 20.7. The van der Waals surface area contributed by atoms with Gasteiger partial charge in [-0.05, 0) is 17.9 Å². The van der Waals surface area contributed by atoms with E-state index in [1.165, 1.54) is 0 Å². The molecule has 2 rings (SSSR count). The first-order valence-electron chi connectivity index (χ1n) is 9.19. The van der Waals surface area contributed by atoms with Crippen molar-refractivity contribution >= 4 is 23.7 Å². The number of carbonyl (C=O) groups is 4. The molecule has 1 fully saturated rings. The quantitative estimate of drug-likeness (QED) is 0.362. The van der Waals surface area contributed by atoms with Gasteiger partial charge >= 0.3 is 5.97 Å². The zero-order valence-corrected chi connectivity index (χ0v) is 15.9. The third-order valence-electron chi connectivity index (χ3n) is 4.37. The van der Waals surface area contributed by atoms with Crippen LogP contribution < -0.4 is 21.3 Å². The second kappa shape index (κ2) is 9.84. The molecular weight excluding hydrogens is 364 g/mol. The molecule has 1 aliphatic rings. The molecule has 1 aromatic carbocycles. The van der Waals surface area contributed by atoms with E-state index in [1.54, 1.807) is 24.3 Å². The summed E-state index contributed by atoms with van der Waals surface area (Å²) in [7, 11) is 0. The van der Waals surface area contributed by atoms with Gasteiger partial charge in [0.05, 0.1) is 0 Å². The molecule has 0 radical (unpaired) electrons. The van der Waals surface area contributed by atoms with Gasteiger partial charge in [0.1, 0.15) is 12.1 Å². The van der Waals surface area contributed by atoms with Gasteiger partial charge in [-0.1, -0.05) is 44.2 Å².